The molecule has 7 nitrogen and oxygen atoms in total. The second kappa shape index (κ2) is 5.38. The standard InChI is InChI=1S/C12H15N5O2/c1-2-17-7-15-16-10(17)6-14-12(19)8-4-3-5-9(13)11(8)18/h3-5,7,18H,2,6,13H2,1H3,(H,14,19). The van der Waals surface area contributed by atoms with Gasteiger partial charge < -0.3 is 20.7 Å². The Morgan fingerprint density at radius 1 is 1.53 bits per heavy atom. The maximum Gasteiger partial charge on any atom is 0.255 e. The smallest absolute Gasteiger partial charge is 0.255 e. The number of hydrogen-bond acceptors (Lipinski definition) is 5. The fourth-order valence-corrected chi connectivity index (χ4v) is 1.68. The van der Waals surface area contributed by atoms with Crippen LogP contribution in [0.2, 0.25) is 0 Å². The minimum Gasteiger partial charge on any atom is -0.505 e. The largest absolute Gasteiger partial charge is 0.505 e. The molecule has 1 aromatic carbocycles. The lowest BCUT2D eigenvalue weighted by atomic mass is 10.1. The van der Waals surface area contributed by atoms with Crippen molar-refractivity contribution in [2.45, 2.75) is 20.0 Å². The Bertz CT molecular complexity index is 594. The van der Waals surface area contributed by atoms with Crippen LogP contribution < -0.4 is 11.1 Å². The molecule has 0 fully saturated rings. The van der Waals surface area contributed by atoms with Crippen molar-refractivity contribution < 1.29 is 9.90 Å². The molecule has 4 N–H and O–H groups in total. The number of nitrogens with two attached hydrogens (primary N) is 1. The third-order valence-electron chi connectivity index (χ3n) is 2.76. The average molecular weight is 261 g/mol. The third-order valence-corrected chi connectivity index (χ3v) is 2.76. The Morgan fingerprint density at radius 3 is 3.05 bits per heavy atom. The van der Waals surface area contributed by atoms with Gasteiger partial charge in [0.25, 0.3) is 5.91 Å². The van der Waals surface area contributed by atoms with Crippen molar-refractivity contribution in [1.82, 2.24) is 20.1 Å². The Labute approximate surface area is 110 Å². The molecule has 0 aliphatic rings. The highest BCUT2D eigenvalue weighted by molar-refractivity contribution is 5.98. The first-order valence-electron chi connectivity index (χ1n) is 5.85. The summed E-state index contributed by atoms with van der Waals surface area (Å²) >= 11 is 0. The number of benzene rings is 1. The number of phenols is 1. The maximum absolute atomic E-state index is 11.9. The van der Waals surface area contributed by atoms with Crippen LogP contribution in [0.25, 0.3) is 0 Å². The molecule has 0 spiro atoms. The number of aromatic hydroxyl groups is 1. The van der Waals surface area contributed by atoms with Crippen molar-refractivity contribution >= 4 is 11.6 Å². The number of nitrogens with one attached hydrogen (secondary N) is 1. The topological polar surface area (TPSA) is 106 Å². The molecule has 0 bridgehead atoms. The molecule has 2 rings (SSSR count). The number of rotatable bonds is 4. The van der Waals surface area contributed by atoms with Gasteiger partial charge >= 0.3 is 0 Å². The number of hydrogen-bond donors (Lipinski definition) is 3. The highest BCUT2D eigenvalue weighted by Crippen LogP contribution is 2.24. The highest BCUT2D eigenvalue weighted by Gasteiger charge is 2.13. The number of carbonyl (C=O) groups is 1. The monoisotopic (exact) mass is 261 g/mol. The summed E-state index contributed by atoms with van der Waals surface area (Å²) in [6.07, 6.45) is 1.60. The van der Waals surface area contributed by atoms with Crippen LogP contribution >= 0.6 is 0 Å². The number of amides is 1. The van der Waals surface area contributed by atoms with E-state index in [1.165, 1.54) is 12.1 Å². The summed E-state index contributed by atoms with van der Waals surface area (Å²) in [5.74, 6) is 0.0339. The second-order valence-electron chi connectivity index (χ2n) is 3.96. The molecule has 100 valence electrons. The lowest BCUT2D eigenvalue weighted by molar-refractivity contribution is 0.0947. The van der Waals surface area contributed by atoms with Gasteiger partial charge in [-0.1, -0.05) is 6.07 Å². The highest BCUT2D eigenvalue weighted by atomic mass is 16.3. The molecule has 1 aromatic heterocycles. The van der Waals surface area contributed by atoms with Gasteiger partial charge in [0.15, 0.2) is 11.6 Å². The zero-order valence-electron chi connectivity index (χ0n) is 10.5. The number of carbonyl (C=O) groups excluding carboxylic acids is 1. The molecule has 2 aromatic rings. The molecule has 19 heavy (non-hydrogen) atoms. The number of nitrogen functional groups attached to an aromatic ring is 1. The molecule has 7 heteroatoms. The van der Waals surface area contributed by atoms with Crippen LogP contribution in [0.4, 0.5) is 5.69 Å². The zero-order chi connectivity index (χ0) is 13.8. The van der Waals surface area contributed by atoms with Gasteiger partial charge in [0.05, 0.1) is 17.8 Å². The van der Waals surface area contributed by atoms with Gasteiger partial charge in [-0.25, -0.2) is 0 Å². The van der Waals surface area contributed by atoms with E-state index in [9.17, 15) is 9.90 Å². The predicted octanol–water partition coefficient (Wildman–Crippen LogP) is 0.516. The van der Waals surface area contributed by atoms with E-state index in [-0.39, 0.29) is 23.5 Å². The van der Waals surface area contributed by atoms with Crippen molar-refractivity contribution in [3.63, 3.8) is 0 Å². The summed E-state index contributed by atoms with van der Waals surface area (Å²) in [7, 11) is 0. The summed E-state index contributed by atoms with van der Waals surface area (Å²) in [6.45, 7) is 2.92. The van der Waals surface area contributed by atoms with Crippen LogP contribution in [-0.2, 0) is 13.1 Å². The van der Waals surface area contributed by atoms with Crippen LogP contribution in [0.3, 0.4) is 0 Å². The van der Waals surface area contributed by atoms with E-state index in [1.807, 2.05) is 11.5 Å². The maximum atomic E-state index is 11.9. The molecule has 0 aliphatic heterocycles. The van der Waals surface area contributed by atoms with Crippen LogP contribution in [0.1, 0.15) is 23.1 Å². The van der Waals surface area contributed by atoms with Crippen molar-refractivity contribution in [2.75, 3.05) is 5.73 Å². The van der Waals surface area contributed by atoms with Crippen molar-refractivity contribution in [3.05, 3.63) is 35.9 Å². The molecule has 0 unspecified atom stereocenters. The number of aromatic nitrogens is 3. The normalized spacial score (nSPS) is 10.4. The molecule has 1 heterocycles. The van der Waals surface area contributed by atoms with Gasteiger partial charge in [0.2, 0.25) is 0 Å². The first-order valence-corrected chi connectivity index (χ1v) is 5.85. The number of nitrogens with zero attached hydrogens (tertiary/aromatic N) is 3. The first kappa shape index (κ1) is 12.9. The number of aryl methyl sites for hydroxylation is 1. The fourth-order valence-electron chi connectivity index (χ4n) is 1.68. The molecule has 1 amide bonds. The van der Waals surface area contributed by atoms with Gasteiger partial charge in [-0.3, -0.25) is 4.79 Å². The molecule has 0 atom stereocenters. The number of anilines is 1. The van der Waals surface area contributed by atoms with E-state index in [2.05, 4.69) is 15.5 Å². The SMILES string of the molecule is CCn1cnnc1CNC(=O)c1cccc(N)c1O. The van der Waals surface area contributed by atoms with Crippen LogP contribution in [0.5, 0.6) is 5.75 Å². The summed E-state index contributed by atoms with van der Waals surface area (Å²) in [5, 5.41) is 20.0. The van der Waals surface area contributed by atoms with Gasteiger partial charge in [-0.2, -0.15) is 0 Å². The van der Waals surface area contributed by atoms with E-state index in [4.69, 9.17) is 5.73 Å². The molecule has 0 aliphatic carbocycles. The van der Waals surface area contributed by atoms with E-state index in [1.54, 1.807) is 12.4 Å². The lowest BCUT2D eigenvalue weighted by Crippen LogP contribution is -2.24. The lowest BCUT2D eigenvalue weighted by Gasteiger charge is -2.08. The van der Waals surface area contributed by atoms with Crippen molar-refractivity contribution in [3.8, 4) is 5.75 Å². The quantitative estimate of drug-likeness (QED) is 0.549. The Kier molecular flexibility index (Phi) is 3.65. The summed E-state index contributed by atoms with van der Waals surface area (Å²) in [4.78, 5) is 11.9. The molecular weight excluding hydrogens is 246 g/mol. The van der Waals surface area contributed by atoms with E-state index < -0.39 is 5.91 Å². The number of para-hydroxylation sites is 1. The van der Waals surface area contributed by atoms with Crippen molar-refractivity contribution in [1.29, 1.82) is 0 Å². The van der Waals surface area contributed by atoms with Crippen LogP contribution in [0, 0.1) is 0 Å². The molecule has 0 saturated heterocycles. The molecular formula is C12H15N5O2. The minimum atomic E-state index is -0.407. The first-order chi connectivity index (χ1) is 9.13. The second-order valence-corrected chi connectivity index (χ2v) is 3.96. The van der Waals surface area contributed by atoms with E-state index in [0.29, 0.717) is 5.82 Å². The Morgan fingerprint density at radius 2 is 2.32 bits per heavy atom. The zero-order valence-corrected chi connectivity index (χ0v) is 10.5. The Hall–Kier alpha value is -2.57. The molecule has 0 saturated carbocycles. The Balaban J connectivity index is 2.08. The fraction of sp³-hybridized carbons (Fsp3) is 0.250. The van der Waals surface area contributed by atoms with Gasteiger partial charge in [0.1, 0.15) is 6.33 Å². The van der Waals surface area contributed by atoms with Gasteiger partial charge in [-0.05, 0) is 19.1 Å². The summed E-state index contributed by atoms with van der Waals surface area (Å²) in [5.41, 5.74) is 5.85. The average Bonchev–Trinajstić information content (AvgIpc) is 2.86. The summed E-state index contributed by atoms with van der Waals surface area (Å²) in [6, 6.07) is 4.64. The minimum absolute atomic E-state index is 0.141. The van der Waals surface area contributed by atoms with Crippen LogP contribution in [0.15, 0.2) is 24.5 Å². The van der Waals surface area contributed by atoms with E-state index >= 15 is 0 Å². The van der Waals surface area contributed by atoms with Crippen LogP contribution in [-0.4, -0.2) is 25.8 Å². The summed E-state index contributed by atoms with van der Waals surface area (Å²) < 4.78 is 1.82. The van der Waals surface area contributed by atoms with Crippen molar-refractivity contribution in [2.24, 2.45) is 0 Å². The van der Waals surface area contributed by atoms with E-state index in [0.717, 1.165) is 6.54 Å². The third kappa shape index (κ3) is 2.65. The van der Waals surface area contributed by atoms with Gasteiger partial charge in [-0.15, -0.1) is 10.2 Å². The molecule has 0 radical (unpaired) electrons. The number of phenolic OH excluding ortho intramolecular Hbond substituents is 1. The predicted molar refractivity (Wildman–Crippen MR) is 69.4 cm³/mol. The van der Waals surface area contributed by atoms with Gasteiger partial charge in [0, 0.05) is 6.54 Å².